The SMILES string of the molecule is Cc1ccc(Sc2nccn3c(=O)n(CC(=O)Nc4cc(F)ccc4F)nc23)c(C)c1. The van der Waals surface area contributed by atoms with Crippen molar-refractivity contribution in [2.45, 2.75) is 30.3 Å². The predicted octanol–water partition coefficient (Wildman–Crippen LogP) is 3.58. The first kappa shape index (κ1) is 20.7. The zero-order chi connectivity index (χ0) is 22.1. The van der Waals surface area contributed by atoms with E-state index in [2.05, 4.69) is 15.4 Å². The third-order valence-electron chi connectivity index (χ3n) is 4.50. The van der Waals surface area contributed by atoms with E-state index in [1.165, 1.54) is 28.6 Å². The van der Waals surface area contributed by atoms with Gasteiger partial charge in [-0.1, -0.05) is 29.5 Å². The average Bonchev–Trinajstić information content (AvgIpc) is 3.03. The van der Waals surface area contributed by atoms with Gasteiger partial charge in [0.05, 0.1) is 5.69 Å². The number of carbonyl (C=O) groups excluding carboxylic acids is 1. The second-order valence-electron chi connectivity index (χ2n) is 6.91. The number of aromatic nitrogens is 4. The average molecular weight is 441 g/mol. The first-order valence-electron chi connectivity index (χ1n) is 9.26. The van der Waals surface area contributed by atoms with Crippen molar-refractivity contribution >= 4 is 29.0 Å². The molecule has 7 nitrogen and oxygen atoms in total. The van der Waals surface area contributed by atoms with Crippen LogP contribution in [0.25, 0.3) is 5.65 Å². The molecule has 0 unspecified atom stereocenters. The van der Waals surface area contributed by atoms with Crippen molar-refractivity contribution in [3.63, 3.8) is 0 Å². The maximum Gasteiger partial charge on any atom is 0.350 e. The van der Waals surface area contributed by atoms with Crippen molar-refractivity contribution in [2.24, 2.45) is 0 Å². The fourth-order valence-electron chi connectivity index (χ4n) is 3.04. The summed E-state index contributed by atoms with van der Waals surface area (Å²) in [5.74, 6) is -2.19. The van der Waals surface area contributed by atoms with Gasteiger partial charge in [-0.3, -0.25) is 4.79 Å². The van der Waals surface area contributed by atoms with Crippen molar-refractivity contribution in [3.8, 4) is 0 Å². The van der Waals surface area contributed by atoms with Crippen LogP contribution in [0.5, 0.6) is 0 Å². The molecule has 0 spiro atoms. The maximum atomic E-state index is 13.8. The number of hydrogen-bond acceptors (Lipinski definition) is 5. The highest BCUT2D eigenvalue weighted by molar-refractivity contribution is 7.99. The number of carbonyl (C=O) groups is 1. The molecule has 2 heterocycles. The Morgan fingerprint density at radius 2 is 1.97 bits per heavy atom. The molecule has 10 heteroatoms. The van der Waals surface area contributed by atoms with Gasteiger partial charge in [-0.05, 0) is 37.6 Å². The van der Waals surface area contributed by atoms with Crippen molar-refractivity contribution in [3.05, 3.63) is 82.0 Å². The van der Waals surface area contributed by atoms with Crippen LogP contribution in [0.3, 0.4) is 0 Å². The molecule has 158 valence electrons. The van der Waals surface area contributed by atoms with Crippen LogP contribution in [0, 0.1) is 25.5 Å². The molecule has 31 heavy (non-hydrogen) atoms. The number of halogens is 2. The van der Waals surface area contributed by atoms with Crippen LogP contribution in [0.15, 0.2) is 63.5 Å². The van der Waals surface area contributed by atoms with Crippen LogP contribution < -0.4 is 11.0 Å². The fraction of sp³-hybridized carbons (Fsp3) is 0.143. The molecule has 0 saturated heterocycles. The van der Waals surface area contributed by atoms with Crippen LogP contribution in [-0.2, 0) is 11.3 Å². The van der Waals surface area contributed by atoms with Gasteiger partial charge in [-0.15, -0.1) is 5.10 Å². The molecule has 4 rings (SSSR count). The first-order chi connectivity index (χ1) is 14.8. The number of amides is 1. The summed E-state index contributed by atoms with van der Waals surface area (Å²) in [7, 11) is 0. The minimum absolute atomic E-state index is 0.294. The minimum Gasteiger partial charge on any atom is -0.322 e. The molecule has 2 aromatic carbocycles. The summed E-state index contributed by atoms with van der Waals surface area (Å²) in [6.07, 6.45) is 2.94. The monoisotopic (exact) mass is 441 g/mol. The number of benzene rings is 2. The summed E-state index contributed by atoms with van der Waals surface area (Å²) in [5, 5.41) is 6.99. The number of fused-ring (bicyclic) bond motifs is 1. The van der Waals surface area contributed by atoms with Gasteiger partial charge in [0.15, 0.2) is 5.65 Å². The van der Waals surface area contributed by atoms with E-state index in [4.69, 9.17) is 0 Å². The summed E-state index contributed by atoms with van der Waals surface area (Å²) < 4.78 is 29.3. The van der Waals surface area contributed by atoms with Gasteiger partial charge in [0, 0.05) is 23.4 Å². The standard InChI is InChI=1S/C21H17F2N5O2S/c1-12-3-6-17(13(2)9-12)31-20-19-26-28(21(30)27(19)8-7-24-20)11-18(29)25-16-10-14(22)4-5-15(16)23/h3-10H,11H2,1-2H3,(H,25,29). The van der Waals surface area contributed by atoms with Crippen LogP contribution in [0.2, 0.25) is 0 Å². The summed E-state index contributed by atoms with van der Waals surface area (Å²) in [6.45, 7) is 3.52. The fourth-order valence-corrected chi connectivity index (χ4v) is 3.95. The normalized spacial score (nSPS) is 11.1. The number of nitrogens with zero attached hydrogens (tertiary/aromatic N) is 4. The largest absolute Gasteiger partial charge is 0.350 e. The molecule has 0 saturated carbocycles. The van der Waals surface area contributed by atoms with E-state index in [-0.39, 0.29) is 5.69 Å². The quantitative estimate of drug-likeness (QED) is 0.512. The Labute approximate surface area is 179 Å². The van der Waals surface area contributed by atoms with Gasteiger partial charge in [0.1, 0.15) is 23.2 Å². The van der Waals surface area contributed by atoms with Crippen LogP contribution in [0.1, 0.15) is 11.1 Å². The molecule has 2 aromatic heterocycles. The van der Waals surface area contributed by atoms with E-state index in [1.54, 1.807) is 0 Å². The van der Waals surface area contributed by atoms with E-state index in [0.29, 0.717) is 10.7 Å². The minimum atomic E-state index is -0.784. The van der Waals surface area contributed by atoms with Crippen molar-refractivity contribution in [1.82, 2.24) is 19.2 Å². The molecular formula is C21H17F2N5O2S. The van der Waals surface area contributed by atoms with Crippen molar-refractivity contribution in [2.75, 3.05) is 5.32 Å². The summed E-state index contributed by atoms with van der Waals surface area (Å²) in [6, 6.07) is 8.71. The second-order valence-corrected chi connectivity index (χ2v) is 7.94. The van der Waals surface area contributed by atoms with Gasteiger partial charge < -0.3 is 5.32 Å². The van der Waals surface area contributed by atoms with Gasteiger partial charge in [0.25, 0.3) is 0 Å². The first-order valence-corrected chi connectivity index (χ1v) is 10.1. The van der Waals surface area contributed by atoms with Crippen molar-refractivity contribution in [1.29, 1.82) is 0 Å². The highest BCUT2D eigenvalue weighted by Crippen LogP contribution is 2.31. The number of aryl methyl sites for hydroxylation is 2. The highest BCUT2D eigenvalue weighted by Gasteiger charge is 2.16. The number of nitrogens with one attached hydrogen (secondary N) is 1. The Bertz CT molecular complexity index is 1370. The lowest BCUT2D eigenvalue weighted by Crippen LogP contribution is -2.28. The van der Waals surface area contributed by atoms with Gasteiger partial charge in [0.2, 0.25) is 5.91 Å². The number of rotatable bonds is 5. The zero-order valence-electron chi connectivity index (χ0n) is 16.6. The number of hydrogen-bond donors (Lipinski definition) is 1. The maximum absolute atomic E-state index is 13.8. The number of anilines is 1. The lowest BCUT2D eigenvalue weighted by Gasteiger charge is -2.06. The van der Waals surface area contributed by atoms with Crippen LogP contribution in [0.4, 0.5) is 14.5 Å². The molecule has 1 amide bonds. The van der Waals surface area contributed by atoms with E-state index in [9.17, 15) is 18.4 Å². The Morgan fingerprint density at radius 1 is 1.16 bits per heavy atom. The Morgan fingerprint density at radius 3 is 2.74 bits per heavy atom. The highest BCUT2D eigenvalue weighted by atomic mass is 32.2. The van der Waals surface area contributed by atoms with Crippen LogP contribution in [-0.4, -0.2) is 25.1 Å². The van der Waals surface area contributed by atoms with E-state index >= 15 is 0 Å². The zero-order valence-corrected chi connectivity index (χ0v) is 17.4. The van der Waals surface area contributed by atoms with E-state index in [1.807, 2.05) is 32.0 Å². The van der Waals surface area contributed by atoms with Gasteiger partial charge in [-0.25, -0.2) is 27.6 Å². The topological polar surface area (TPSA) is 81.3 Å². The molecule has 1 N–H and O–H groups in total. The Kier molecular flexibility index (Phi) is 5.55. The Balaban J connectivity index is 1.62. The summed E-state index contributed by atoms with van der Waals surface area (Å²) in [5.41, 5.74) is 1.63. The van der Waals surface area contributed by atoms with Crippen LogP contribution >= 0.6 is 11.8 Å². The molecule has 0 bridgehead atoms. The summed E-state index contributed by atoms with van der Waals surface area (Å²) in [4.78, 5) is 30.3. The van der Waals surface area contributed by atoms with Gasteiger partial charge >= 0.3 is 5.69 Å². The molecule has 0 aliphatic heterocycles. The molecule has 0 radical (unpaired) electrons. The van der Waals surface area contributed by atoms with Crippen molar-refractivity contribution < 1.29 is 13.6 Å². The molecular weight excluding hydrogens is 424 g/mol. The van der Waals surface area contributed by atoms with Gasteiger partial charge in [-0.2, -0.15) is 0 Å². The molecule has 0 atom stereocenters. The molecule has 4 aromatic rings. The van der Waals surface area contributed by atoms with E-state index < -0.39 is 29.8 Å². The van der Waals surface area contributed by atoms with E-state index in [0.717, 1.165) is 38.9 Å². The predicted molar refractivity (Wildman–Crippen MR) is 112 cm³/mol. The summed E-state index contributed by atoms with van der Waals surface area (Å²) >= 11 is 1.36. The third-order valence-corrected chi connectivity index (χ3v) is 5.66. The molecule has 0 fully saturated rings. The Hall–Kier alpha value is -3.53. The molecule has 0 aliphatic carbocycles. The smallest absolute Gasteiger partial charge is 0.322 e. The second kappa shape index (κ2) is 8.31. The lowest BCUT2D eigenvalue weighted by molar-refractivity contribution is -0.117. The lowest BCUT2D eigenvalue weighted by atomic mass is 10.2. The molecule has 0 aliphatic rings. The third kappa shape index (κ3) is 4.33.